The third-order valence-electron chi connectivity index (χ3n) is 1.29. The first-order valence-electron chi connectivity index (χ1n) is 3.90. The van der Waals surface area contributed by atoms with Crippen molar-refractivity contribution in [3.63, 3.8) is 0 Å². The van der Waals surface area contributed by atoms with Crippen LogP contribution >= 0.6 is 12.2 Å². The lowest BCUT2D eigenvalue weighted by Crippen LogP contribution is -2.40. The highest BCUT2D eigenvalue weighted by molar-refractivity contribution is 7.80. The van der Waals surface area contributed by atoms with Crippen LogP contribution < -0.4 is 16.4 Å². The predicted molar refractivity (Wildman–Crippen MR) is 54.7 cm³/mol. The standard InChI is InChI=1S/C7H13N3O3S/c1-13-7(12)4-10-6(14)3-9-5(11)2-8/h2-4,8H2,1H3,(H,9,11)(H,10,14). The molecule has 0 aromatic heterocycles. The van der Waals surface area contributed by atoms with Crippen molar-refractivity contribution >= 4 is 29.1 Å². The van der Waals surface area contributed by atoms with Crippen molar-refractivity contribution in [2.45, 2.75) is 0 Å². The van der Waals surface area contributed by atoms with Gasteiger partial charge in [0, 0.05) is 0 Å². The molecule has 1 amide bonds. The summed E-state index contributed by atoms with van der Waals surface area (Å²) in [6, 6.07) is 0. The van der Waals surface area contributed by atoms with E-state index in [0.29, 0.717) is 4.99 Å². The molecule has 0 bridgehead atoms. The predicted octanol–water partition coefficient (Wildman–Crippen LogP) is -1.85. The van der Waals surface area contributed by atoms with Crippen LogP contribution in [0.5, 0.6) is 0 Å². The fourth-order valence-corrected chi connectivity index (χ4v) is 0.701. The van der Waals surface area contributed by atoms with Crippen molar-refractivity contribution in [1.29, 1.82) is 0 Å². The second kappa shape index (κ2) is 7.22. The van der Waals surface area contributed by atoms with E-state index >= 15 is 0 Å². The van der Waals surface area contributed by atoms with Gasteiger partial charge >= 0.3 is 5.97 Å². The Hall–Kier alpha value is -1.21. The summed E-state index contributed by atoms with van der Waals surface area (Å²) in [5.74, 6) is -0.718. The van der Waals surface area contributed by atoms with Gasteiger partial charge in [0.25, 0.3) is 0 Å². The average Bonchev–Trinajstić information content (AvgIpc) is 2.22. The van der Waals surface area contributed by atoms with Gasteiger partial charge in [-0.15, -0.1) is 0 Å². The van der Waals surface area contributed by atoms with Crippen molar-refractivity contribution in [1.82, 2.24) is 10.6 Å². The number of carbonyl (C=O) groups is 2. The summed E-state index contributed by atoms with van der Waals surface area (Å²) in [6.45, 7) is 0.0792. The van der Waals surface area contributed by atoms with Crippen LogP contribution in [-0.4, -0.2) is 43.6 Å². The number of hydrogen-bond acceptors (Lipinski definition) is 5. The van der Waals surface area contributed by atoms with E-state index < -0.39 is 5.97 Å². The van der Waals surface area contributed by atoms with Crippen molar-refractivity contribution in [3.05, 3.63) is 0 Å². The number of hydrogen-bond donors (Lipinski definition) is 3. The van der Waals surface area contributed by atoms with Gasteiger partial charge in [-0.3, -0.25) is 9.59 Å². The zero-order valence-corrected chi connectivity index (χ0v) is 8.65. The van der Waals surface area contributed by atoms with Gasteiger partial charge in [-0.05, 0) is 0 Å². The summed E-state index contributed by atoms with van der Waals surface area (Å²) in [4.78, 5) is 21.7. The van der Waals surface area contributed by atoms with E-state index in [2.05, 4.69) is 15.4 Å². The Kier molecular flexibility index (Phi) is 6.59. The molecule has 0 atom stereocenters. The lowest BCUT2D eigenvalue weighted by molar-refractivity contribution is -0.139. The summed E-state index contributed by atoms with van der Waals surface area (Å²) < 4.78 is 4.38. The Labute approximate surface area is 87.2 Å². The van der Waals surface area contributed by atoms with E-state index in [9.17, 15) is 9.59 Å². The highest BCUT2D eigenvalue weighted by Gasteiger charge is 2.02. The molecular weight excluding hydrogens is 206 g/mol. The molecule has 0 aliphatic heterocycles. The molecule has 7 heteroatoms. The number of nitrogens with one attached hydrogen (secondary N) is 2. The summed E-state index contributed by atoms with van der Waals surface area (Å²) in [6.07, 6.45) is 0. The zero-order valence-electron chi connectivity index (χ0n) is 7.83. The molecule has 14 heavy (non-hydrogen) atoms. The monoisotopic (exact) mass is 219 g/mol. The molecule has 4 N–H and O–H groups in total. The Morgan fingerprint density at radius 2 is 2.00 bits per heavy atom. The Bertz CT molecular complexity index is 210. The van der Waals surface area contributed by atoms with Crippen molar-refractivity contribution in [2.75, 3.05) is 26.7 Å². The zero-order chi connectivity index (χ0) is 11.0. The third-order valence-corrected chi connectivity index (χ3v) is 1.58. The van der Waals surface area contributed by atoms with Crippen LogP contribution in [0, 0.1) is 0 Å². The first-order valence-corrected chi connectivity index (χ1v) is 4.31. The Morgan fingerprint density at radius 1 is 1.36 bits per heavy atom. The molecule has 0 rings (SSSR count). The lowest BCUT2D eigenvalue weighted by Gasteiger charge is -2.07. The van der Waals surface area contributed by atoms with Crippen molar-refractivity contribution in [2.24, 2.45) is 5.73 Å². The number of rotatable bonds is 5. The minimum Gasteiger partial charge on any atom is -0.468 e. The highest BCUT2D eigenvalue weighted by Crippen LogP contribution is 1.74. The molecule has 0 heterocycles. The van der Waals surface area contributed by atoms with Crippen molar-refractivity contribution < 1.29 is 14.3 Å². The van der Waals surface area contributed by atoms with Crippen LogP contribution in [0.2, 0.25) is 0 Å². The van der Waals surface area contributed by atoms with E-state index in [4.69, 9.17) is 18.0 Å². The molecule has 6 nitrogen and oxygen atoms in total. The molecule has 0 saturated heterocycles. The number of nitrogens with two attached hydrogens (primary N) is 1. The fraction of sp³-hybridized carbons (Fsp3) is 0.571. The number of ether oxygens (including phenoxy) is 1. The largest absolute Gasteiger partial charge is 0.468 e. The SMILES string of the molecule is COC(=O)CNC(=S)CNC(=O)CN. The molecule has 0 aromatic carbocycles. The van der Waals surface area contributed by atoms with E-state index in [1.54, 1.807) is 0 Å². The highest BCUT2D eigenvalue weighted by atomic mass is 32.1. The maximum atomic E-state index is 10.7. The van der Waals surface area contributed by atoms with E-state index in [0.717, 1.165) is 0 Å². The van der Waals surface area contributed by atoms with E-state index in [-0.39, 0.29) is 25.5 Å². The molecule has 0 unspecified atom stereocenters. The van der Waals surface area contributed by atoms with Gasteiger partial charge in [0.15, 0.2) is 0 Å². The quantitative estimate of drug-likeness (QED) is 0.371. The number of methoxy groups -OCH3 is 1. The molecule has 0 radical (unpaired) electrons. The average molecular weight is 219 g/mol. The van der Waals surface area contributed by atoms with Gasteiger partial charge in [-0.25, -0.2) is 0 Å². The minimum absolute atomic E-state index is 0.00612. The van der Waals surface area contributed by atoms with Crippen LogP contribution in [0.3, 0.4) is 0 Å². The van der Waals surface area contributed by atoms with Crippen LogP contribution in [0.1, 0.15) is 0 Å². The topological polar surface area (TPSA) is 93.5 Å². The normalized spacial score (nSPS) is 9.00. The molecule has 0 aromatic rings. The van der Waals surface area contributed by atoms with Gasteiger partial charge in [-0.1, -0.05) is 12.2 Å². The number of thiocarbonyl (C=S) groups is 1. The summed E-state index contributed by atoms with van der Waals surface area (Å²) in [5.41, 5.74) is 5.05. The molecule has 0 fully saturated rings. The van der Waals surface area contributed by atoms with Gasteiger partial charge < -0.3 is 21.1 Å². The minimum atomic E-state index is -0.419. The second-order valence-corrected chi connectivity index (χ2v) is 2.83. The molecular formula is C7H13N3O3S. The Morgan fingerprint density at radius 3 is 2.50 bits per heavy atom. The molecule has 0 aliphatic carbocycles. The smallest absolute Gasteiger partial charge is 0.325 e. The van der Waals surface area contributed by atoms with Crippen LogP contribution in [0.25, 0.3) is 0 Å². The van der Waals surface area contributed by atoms with Gasteiger partial charge in [0.05, 0.1) is 25.2 Å². The van der Waals surface area contributed by atoms with E-state index in [1.165, 1.54) is 7.11 Å². The fourth-order valence-electron chi connectivity index (χ4n) is 0.556. The molecule has 0 saturated carbocycles. The van der Waals surface area contributed by atoms with Crippen molar-refractivity contribution in [3.8, 4) is 0 Å². The molecule has 80 valence electrons. The Balaban J connectivity index is 3.56. The lowest BCUT2D eigenvalue weighted by atomic mass is 10.5. The molecule has 0 aliphatic rings. The number of amides is 1. The van der Waals surface area contributed by atoms with Crippen LogP contribution in [0.15, 0.2) is 0 Å². The van der Waals surface area contributed by atoms with Crippen LogP contribution in [0.4, 0.5) is 0 Å². The summed E-state index contributed by atoms with van der Waals surface area (Å²) >= 11 is 4.81. The number of esters is 1. The third kappa shape index (κ3) is 6.32. The second-order valence-electron chi connectivity index (χ2n) is 2.33. The maximum Gasteiger partial charge on any atom is 0.325 e. The first kappa shape index (κ1) is 12.8. The van der Waals surface area contributed by atoms with Crippen LogP contribution in [-0.2, 0) is 14.3 Å². The maximum absolute atomic E-state index is 10.7. The first-order chi connectivity index (χ1) is 6.60. The summed E-state index contributed by atoms with van der Waals surface area (Å²) in [7, 11) is 1.28. The van der Waals surface area contributed by atoms with Gasteiger partial charge in [0.1, 0.15) is 6.54 Å². The van der Waals surface area contributed by atoms with Gasteiger partial charge in [-0.2, -0.15) is 0 Å². The molecule has 0 spiro atoms. The van der Waals surface area contributed by atoms with Gasteiger partial charge in [0.2, 0.25) is 5.91 Å². The van der Waals surface area contributed by atoms with E-state index in [1.807, 2.05) is 0 Å². The number of carbonyl (C=O) groups excluding carboxylic acids is 2. The summed E-state index contributed by atoms with van der Waals surface area (Å²) in [5, 5.41) is 5.07.